The zero-order valence-corrected chi connectivity index (χ0v) is 10.00. The van der Waals surface area contributed by atoms with Crippen molar-refractivity contribution in [2.24, 2.45) is 0 Å². The highest BCUT2D eigenvalue weighted by molar-refractivity contribution is 5.27. The molecule has 0 heterocycles. The van der Waals surface area contributed by atoms with Crippen LogP contribution in [-0.4, -0.2) is 36.7 Å². The van der Waals surface area contributed by atoms with Crippen LogP contribution >= 0.6 is 0 Å². The summed E-state index contributed by atoms with van der Waals surface area (Å²) >= 11 is 0. The molecule has 0 saturated heterocycles. The van der Waals surface area contributed by atoms with Gasteiger partial charge in [0.05, 0.1) is 0 Å². The predicted molar refractivity (Wildman–Crippen MR) is 62.9 cm³/mol. The first-order chi connectivity index (χ1) is 7.49. The number of phenolic OH excluding ortho intramolecular Hbond substituents is 1. The average molecular weight is 226 g/mol. The highest BCUT2D eigenvalue weighted by Gasteiger charge is 2.05. The van der Waals surface area contributed by atoms with E-state index in [2.05, 4.69) is 17.1 Å². The lowest BCUT2D eigenvalue weighted by Crippen LogP contribution is -2.35. The second-order valence-electron chi connectivity index (χ2n) is 4.33. The molecule has 1 aromatic carbocycles. The maximum Gasteiger partial charge on any atom is 0.165 e. The highest BCUT2D eigenvalue weighted by atomic mass is 19.1. The normalized spacial score (nSPS) is 13.1. The van der Waals surface area contributed by atoms with Crippen LogP contribution in [-0.2, 0) is 6.54 Å². The predicted octanol–water partition coefficient (Wildman–Crippen LogP) is 1.57. The van der Waals surface area contributed by atoms with Gasteiger partial charge in [-0.05, 0) is 38.7 Å². The number of rotatable bonds is 5. The maximum absolute atomic E-state index is 13.0. The van der Waals surface area contributed by atoms with Gasteiger partial charge in [-0.3, -0.25) is 0 Å². The van der Waals surface area contributed by atoms with Crippen molar-refractivity contribution >= 4 is 0 Å². The van der Waals surface area contributed by atoms with Crippen LogP contribution < -0.4 is 5.32 Å². The molecule has 1 unspecified atom stereocenters. The first kappa shape index (κ1) is 12.9. The van der Waals surface area contributed by atoms with Crippen molar-refractivity contribution in [3.8, 4) is 5.75 Å². The first-order valence-electron chi connectivity index (χ1n) is 5.34. The zero-order chi connectivity index (χ0) is 12.1. The van der Waals surface area contributed by atoms with Gasteiger partial charge in [-0.25, -0.2) is 4.39 Å². The number of likely N-dealkylation sites (N-methyl/N-ethyl adjacent to an activating group) is 1. The van der Waals surface area contributed by atoms with Crippen LogP contribution in [0.5, 0.6) is 5.75 Å². The third kappa shape index (κ3) is 4.16. The van der Waals surface area contributed by atoms with Gasteiger partial charge < -0.3 is 15.3 Å². The number of benzene rings is 1. The number of halogens is 1. The minimum absolute atomic E-state index is 0.301. The molecule has 0 spiro atoms. The molecule has 0 saturated carbocycles. The van der Waals surface area contributed by atoms with Crippen LogP contribution in [0.4, 0.5) is 4.39 Å². The molecule has 1 rings (SSSR count). The van der Waals surface area contributed by atoms with Gasteiger partial charge in [-0.15, -0.1) is 0 Å². The third-order valence-electron chi connectivity index (χ3n) is 2.31. The summed E-state index contributed by atoms with van der Waals surface area (Å²) in [6.45, 7) is 3.61. The van der Waals surface area contributed by atoms with Crippen molar-refractivity contribution in [3.05, 3.63) is 29.6 Å². The Kier molecular flexibility index (Phi) is 4.71. The van der Waals surface area contributed by atoms with E-state index in [0.29, 0.717) is 12.6 Å². The summed E-state index contributed by atoms with van der Waals surface area (Å²) in [5.74, 6) is -0.871. The summed E-state index contributed by atoms with van der Waals surface area (Å²) in [6.07, 6.45) is 0. The molecule has 0 amide bonds. The Bertz CT molecular complexity index is 342. The van der Waals surface area contributed by atoms with Crippen LogP contribution in [0.15, 0.2) is 18.2 Å². The molecule has 16 heavy (non-hydrogen) atoms. The van der Waals surface area contributed by atoms with E-state index < -0.39 is 5.82 Å². The molecular formula is C12H19FN2O. The van der Waals surface area contributed by atoms with E-state index in [-0.39, 0.29) is 5.75 Å². The van der Waals surface area contributed by atoms with Gasteiger partial charge in [0.2, 0.25) is 0 Å². The van der Waals surface area contributed by atoms with Gasteiger partial charge in [-0.2, -0.15) is 0 Å². The van der Waals surface area contributed by atoms with Crippen LogP contribution in [0, 0.1) is 5.82 Å². The zero-order valence-electron chi connectivity index (χ0n) is 10.00. The molecule has 0 fully saturated rings. The number of nitrogens with one attached hydrogen (secondary N) is 1. The Morgan fingerprint density at radius 3 is 2.69 bits per heavy atom. The fourth-order valence-corrected chi connectivity index (χ4v) is 1.56. The Labute approximate surface area is 95.9 Å². The molecule has 0 aliphatic heterocycles. The SMILES string of the molecule is CC(CN(C)C)NCc1ccc(O)c(F)c1. The van der Waals surface area contributed by atoms with Gasteiger partial charge in [0.1, 0.15) is 0 Å². The van der Waals surface area contributed by atoms with Crippen molar-refractivity contribution in [2.75, 3.05) is 20.6 Å². The van der Waals surface area contributed by atoms with Crippen molar-refractivity contribution in [1.82, 2.24) is 10.2 Å². The van der Waals surface area contributed by atoms with Gasteiger partial charge in [0.25, 0.3) is 0 Å². The number of nitrogens with zero attached hydrogens (tertiary/aromatic N) is 1. The molecule has 1 atom stereocenters. The van der Waals surface area contributed by atoms with Crippen LogP contribution in [0.3, 0.4) is 0 Å². The van der Waals surface area contributed by atoms with Crippen molar-refractivity contribution in [3.63, 3.8) is 0 Å². The lowest BCUT2D eigenvalue weighted by Gasteiger charge is -2.18. The number of hydrogen-bond acceptors (Lipinski definition) is 3. The third-order valence-corrected chi connectivity index (χ3v) is 2.31. The van der Waals surface area contributed by atoms with Gasteiger partial charge in [-0.1, -0.05) is 6.07 Å². The quantitative estimate of drug-likeness (QED) is 0.800. The maximum atomic E-state index is 13.0. The number of hydrogen-bond donors (Lipinski definition) is 2. The Balaban J connectivity index is 2.45. The van der Waals surface area contributed by atoms with Crippen molar-refractivity contribution in [1.29, 1.82) is 0 Å². The van der Waals surface area contributed by atoms with E-state index >= 15 is 0 Å². The standard InChI is InChI=1S/C12H19FN2O/c1-9(8-15(2)3)14-7-10-4-5-12(16)11(13)6-10/h4-6,9,14,16H,7-8H2,1-3H3. The van der Waals surface area contributed by atoms with Gasteiger partial charge in [0.15, 0.2) is 11.6 Å². The largest absolute Gasteiger partial charge is 0.505 e. The molecule has 1 aromatic rings. The Morgan fingerprint density at radius 2 is 2.12 bits per heavy atom. The molecule has 0 aliphatic carbocycles. The van der Waals surface area contributed by atoms with E-state index in [1.165, 1.54) is 12.1 Å². The summed E-state index contributed by atoms with van der Waals surface area (Å²) in [5.41, 5.74) is 0.834. The van der Waals surface area contributed by atoms with Crippen LogP contribution in [0.2, 0.25) is 0 Å². The summed E-state index contributed by atoms with van der Waals surface area (Å²) < 4.78 is 13.0. The average Bonchev–Trinajstić information content (AvgIpc) is 2.19. The molecule has 0 aromatic heterocycles. The second-order valence-corrected chi connectivity index (χ2v) is 4.33. The summed E-state index contributed by atoms with van der Waals surface area (Å²) in [5, 5.41) is 12.3. The smallest absolute Gasteiger partial charge is 0.165 e. The summed E-state index contributed by atoms with van der Waals surface area (Å²) in [4.78, 5) is 2.09. The summed E-state index contributed by atoms with van der Waals surface area (Å²) in [6, 6.07) is 4.79. The lowest BCUT2D eigenvalue weighted by molar-refractivity contribution is 0.349. The van der Waals surface area contributed by atoms with Crippen molar-refractivity contribution < 1.29 is 9.50 Å². The number of aromatic hydroxyl groups is 1. The monoisotopic (exact) mass is 226 g/mol. The van der Waals surface area contributed by atoms with Crippen LogP contribution in [0.1, 0.15) is 12.5 Å². The minimum Gasteiger partial charge on any atom is -0.505 e. The molecule has 0 radical (unpaired) electrons. The van der Waals surface area contributed by atoms with Crippen LogP contribution in [0.25, 0.3) is 0 Å². The number of phenols is 1. The van der Waals surface area contributed by atoms with E-state index in [4.69, 9.17) is 5.11 Å². The van der Waals surface area contributed by atoms with E-state index in [1.54, 1.807) is 6.07 Å². The molecule has 4 heteroatoms. The van der Waals surface area contributed by atoms with E-state index in [0.717, 1.165) is 12.1 Å². The highest BCUT2D eigenvalue weighted by Crippen LogP contribution is 2.15. The fraction of sp³-hybridized carbons (Fsp3) is 0.500. The summed E-state index contributed by atoms with van der Waals surface area (Å²) in [7, 11) is 4.02. The first-order valence-corrected chi connectivity index (χ1v) is 5.34. The molecular weight excluding hydrogens is 207 g/mol. The molecule has 0 aliphatic rings. The molecule has 3 nitrogen and oxygen atoms in total. The van der Waals surface area contributed by atoms with Crippen molar-refractivity contribution in [2.45, 2.75) is 19.5 Å². The molecule has 90 valence electrons. The fourth-order valence-electron chi connectivity index (χ4n) is 1.56. The Hall–Kier alpha value is -1.13. The Morgan fingerprint density at radius 1 is 1.44 bits per heavy atom. The van der Waals surface area contributed by atoms with E-state index in [9.17, 15) is 4.39 Å². The molecule has 2 N–H and O–H groups in total. The van der Waals surface area contributed by atoms with Gasteiger partial charge in [0, 0.05) is 19.1 Å². The minimum atomic E-state index is -0.570. The van der Waals surface area contributed by atoms with Gasteiger partial charge >= 0.3 is 0 Å². The second kappa shape index (κ2) is 5.82. The topological polar surface area (TPSA) is 35.5 Å². The van der Waals surface area contributed by atoms with E-state index in [1.807, 2.05) is 14.1 Å². The lowest BCUT2D eigenvalue weighted by atomic mass is 10.2. The molecule has 0 bridgehead atoms.